The van der Waals surface area contributed by atoms with Crippen molar-refractivity contribution >= 4 is 23.2 Å². The van der Waals surface area contributed by atoms with Crippen LogP contribution >= 0.6 is 11.6 Å². The van der Waals surface area contributed by atoms with E-state index in [9.17, 15) is 10.1 Å². The number of hydrogen-bond donors (Lipinski definition) is 2. The third-order valence-corrected chi connectivity index (χ3v) is 5.55. The van der Waals surface area contributed by atoms with Crippen molar-refractivity contribution in [3.63, 3.8) is 0 Å². The Morgan fingerprint density at radius 2 is 1.93 bits per heavy atom. The molecule has 0 aliphatic heterocycles. The maximum atomic E-state index is 12.4. The lowest BCUT2D eigenvalue weighted by Crippen LogP contribution is -2.19. The fourth-order valence-electron chi connectivity index (χ4n) is 3.34. The number of nitrogens with one attached hydrogen (secondary N) is 2. The third-order valence-electron chi connectivity index (χ3n) is 5.15. The number of nitrogens with zero attached hydrogens (tertiary/aromatic N) is 1. The molecule has 0 aromatic heterocycles. The van der Waals surface area contributed by atoms with Crippen LogP contribution in [0.1, 0.15) is 48.1 Å². The highest BCUT2D eigenvalue weighted by Gasteiger charge is 2.14. The summed E-state index contributed by atoms with van der Waals surface area (Å²) >= 11 is 6.09. The molecule has 0 radical (unpaired) electrons. The second-order valence-electron chi connectivity index (χ2n) is 7.21. The smallest absolute Gasteiger partial charge is 0.267 e. The molecule has 1 aliphatic carbocycles. The Morgan fingerprint density at radius 1 is 1.18 bits per heavy atom. The van der Waals surface area contributed by atoms with Crippen LogP contribution in [0.5, 0.6) is 0 Å². The zero-order valence-corrected chi connectivity index (χ0v) is 16.9. The Bertz CT molecular complexity index is 959. The molecule has 0 heterocycles. The molecule has 144 valence electrons. The molecule has 2 N–H and O–H groups in total. The fraction of sp³-hybridized carbons (Fsp3) is 0.304. The lowest BCUT2D eigenvalue weighted by Gasteiger charge is -2.19. The monoisotopic (exact) mass is 393 g/mol. The summed E-state index contributed by atoms with van der Waals surface area (Å²) < 4.78 is 0. The summed E-state index contributed by atoms with van der Waals surface area (Å²) in [5.74, 6) is -0.465. The van der Waals surface area contributed by atoms with Gasteiger partial charge in [0.2, 0.25) is 0 Å². The number of hydrogen-bond acceptors (Lipinski definition) is 3. The lowest BCUT2D eigenvalue weighted by atomic mass is 9.89. The van der Waals surface area contributed by atoms with E-state index in [1.807, 2.05) is 26.0 Å². The van der Waals surface area contributed by atoms with E-state index in [1.54, 1.807) is 12.1 Å². The molecule has 28 heavy (non-hydrogen) atoms. The average molecular weight is 394 g/mol. The van der Waals surface area contributed by atoms with Crippen LogP contribution < -0.4 is 10.6 Å². The van der Waals surface area contributed by atoms with Gasteiger partial charge < -0.3 is 10.6 Å². The molecule has 0 saturated heterocycles. The summed E-state index contributed by atoms with van der Waals surface area (Å²) in [7, 11) is 0. The highest BCUT2D eigenvalue weighted by atomic mass is 35.5. The lowest BCUT2D eigenvalue weighted by molar-refractivity contribution is -0.112. The number of amides is 1. The summed E-state index contributed by atoms with van der Waals surface area (Å²) in [6.45, 7) is 3.91. The summed E-state index contributed by atoms with van der Waals surface area (Å²) in [5, 5.41) is 15.8. The van der Waals surface area contributed by atoms with Gasteiger partial charge in [0.25, 0.3) is 5.91 Å². The largest absolute Gasteiger partial charge is 0.383 e. The summed E-state index contributed by atoms with van der Waals surface area (Å²) in [4.78, 5) is 12.4. The van der Waals surface area contributed by atoms with Crippen LogP contribution in [0.3, 0.4) is 0 Å². The standard InChI is InChI=1S/C23H24ClN3O/c1-15-7-10-21(12-22(15)24)27-23(28)20(13-25)14-26-16(2)18-9-8-17-5-3-4-6-19(17)11-18/h7-12,14,16,26H,3-6H2,1-2H3,(H,27,28)/b20-14-. The highest BCUT2D eigenvalue weighted by Crippen LogP contribution is 2.25. The normalized spacial score (nSPS) is 14.6. The number of rotatable bonds is 5. The number of halogens is 1. The van der Waals surface area contributed by atoms with Crippen molar-refractivity contribution in [3.8, 4) is 6.07 Å². The van der Waals surface area contributed by atoms with Gasteiger partial charge in [0.05, 0.1) is 0 Å². The summed E-state index contributed by atoms with van der Waals surface area (Å²) in [5.41, 5.74) is 5.50. The van der Waals surface area contributed by atoms with Gasteiger partial charge in [-0.3, -0.25) is 4.79 Å². The Kier molecular flexibility index (Phi) is 6.38. The van der Waals surface area contributed by atoms with E-state index in [2.05, 4.69) is 28.8 Å². The quantitative estimate of drug-likeness (QED) is 0.540. The van der Waals surface area contributed by atoms with E-state index in [0.29, 0.717) is 10.7 Å². The van der Waals surface area contributed by atoms with Crippen molar-refractivity contribution in [2.45, 2.75) is 45.6 Å². The first-order valence-electron chi connectivity index (χ1n) is 9.53. The first kappa shape index (κ1) is 20.0. The Balaban J connectivity index is 1.67. The number of nitriles is 1. The first-order valence-corrected chi connectivity index (χ1v) is 9.91. The summed E-state index contributed by atoms with van der Waals surface area (Å²) in [6.07, 6.45) is 6.25. The van der Waals surface area contributed by atoms with Crippen LogP contribution in [-0.4, -0.2) is 5.91 Å². The SMILES string of the molecule is Cc1ccc(NC(=O)/C(C#N)=C\NC(C)c2ccc3c(c2)CCCC3)cc1Cl. The molecule has 2 aromatic carbocycles. The zero-order valence-electron chi connectivity index (χ0n) is 16.2. The maximum absolute atomic E-state index is 12.4. The second kappa shape index (κ2) is 8.95. The molecule has 0 fully saturated rings. The van der Waals surface area contributed by atoms with Crippen molar-refractivity contribution in [3.05, 3.63) is 75.4 Å². The van der Waals surface area contributed by atoms with Gasteiger partial charge in [0.1, 0.15) is 11.6 Å². The van der Waals surface area contributed by atoms with Crippen molar-refractivity contribution < 1.29 is 4.79 Å². The van der Waals surface area contributed by atoms with E-state index in [-0.39, 0.29) is 11.6 Å². The van der Waals surface area contributed by atoms with Gasteiger partial charge in [-0.25, -0.2) is 0 Å². The van der Waals surface area contributed by atoms with Crippen LogP contribution in [-0.2, 0) is 17.6 Å². The molecule has 1 aliphatic rings. The maximum Gasteiger partial charge on any atom is 0.267 e. The van der Waals surface area contributed by atoms with Crippen LogP contribution in [0.15, 0.2) is 48.2 Å². The third kappa shape index (κ3) is 4.74. The van der Waals surface area contributed by atoms with Crippen LogP contribution in [0.4, 0.5) is 5.69 Å². The number of fused-ring (bicyclic) bond motifs is 1. The molecule has 5 heteroatoms. The summed E-state index contributed by atoms with van der Waals surface area (Å²) in [6, 6.07) is 13.8. The van der Waals surface area contributed by atoms with Crippen LogP contribution in [0.2, 0.25) is 5.02 Å². The van der Waals surface area contributed by atoms with Crippen molar-refractivity contribution in [1.82, 2.24) is 5.32 Å². The molecule has 0 bridgehead atoms. The van der Waals surface area contributed by atoms with Gasteiger partial charge in [-0.1, -0.05) is 35.9 Å². The number of carbonyl (C=O) groups excluding carboxylic acids is 1. The minimum Gasteiger partial charge on any atom is -0.383 e. The van der Waals surface area contributed by atoms with Gasteiger partial charge in [-0.2, -0.15) is 5.26 Å². The molecule has 4 nitrogen and oxygen atoms in total. The van der Waals surface area contributed by atoms with Crippen molar-refractivity contribution in [2.75, 3.05) is 5.32 Å². The molecule has 1 unspecified atom stereocenters. The van der Waals surface area contributed by atoms with Crippen LogP contribution in [0.25, 0.3) is 0 Å². The van der Waals surface area contributed by atoms with E-state index < -0.39 is 5.91 Å². The van der Waals surface area contributed by atoms with E-state index >= 15 is 0 Å². The van der Waals surface area contributed by atoms with Crippen molar-refractivity contribution in [1.29, 1.82) is 5.26 Å². The fourth-order valence-corrected chi connectivity index (χ4v) is 3.53. The molecular weight excluding hydrogens is 370 g/mol. The molecule has 2 aromatic rings. The van der Waals surface area contributed by atoms with Gasteiger partial charge in [-0.05, 0) is 73.9 Å². The molecule has 1 amide bonds. The first-order chi connectivity index (χ1) is 13.5. The highest BCUT2D eigenvalue weighted by molar-refractivity contribution is 6.31. The second-order valence-corrected chi connectivity index (χ2v) is 7.62. The van der Waals surface area contributed by atoms with Gasteiger partial charge in [0, 0.05) is 23.0 Å². The molecule has 3 rings (SSSR count). The van der Waals surface area contributed by atoms with E-state index in [1.165, 1.54) is 30.2 Å². The average Bonchev–Trinajstić information content (AvgIpc) is 2.70. The number of anilines is 1. The molecular formula is C23H24ClN3O. The minimum atomic E-state index is -0.465. The molecule has 0 saturated carbocycles. The van der Waals surface area contributed by atoms with E-state index in [4.69, 9.17) is 11.6 Å². The Hall–Kier alpha value is -2.77. The van der Waals surface area contributed by atoms with Gasteiger partial charge >= 0.3 is 0 Å². The van der Waals surface area contributed by atoms with Gasteiger partial charge in [0.15, 0.2) is 0 Å². The van der Waals surface area contributed by atoms with E-state index in [0.717, 1.165) is 24.0 Å². The number of carbonyl (C=O) groups is 1. The predicted molar refractivity (Wildman–Crippen MR) is 113 cm³/mol. The zero-order chi connectivity index (χ0) is 20.1. The number of aryl methyl sites for hydroxylation is 3. The molecule has 0 spiro atoms. The topological polar surface area (TPSA) is 64.9 Å². The number of benzene rings is 2. The molecule has 1 atom stereocenters. The Morgan fingerprint density at radius 3 is 2.64 bits per heavy atom. The Labute approximate surface area is 171 Å². The van der Waals surface area contributed by atoms with Gasteiger partial charge in [-0.15, -0.1) is 0 Å². The van der Waals surface area contributed by atoms with Crippen molar-refractivity contribution in [2.24, 2.45) is 0 Å². The van der Waals surface area contributed by atoms with Crippen LogP contribution in [0, 0.1) is 18.3 Å². The minimum absolute atomic E-state index is 0.00260. The predicted octanol–water partition coefficient (Wildman–Crippen LogP) is 5.22.